The van der Waals surface area contributed by atoms with Crippen molar-refractivity contribution in [2.24, 2.45) is 0 Å². The van der Waals surface area contributed by atoms with Crippen LogP contribution in [0.4, 0.5) is 5.69 Å². The predicted octanol–water partition coefficient (Wildman–Crippen LogP) is 2.61. The van der Waals surface area contributed by atoms with Gasteiger partial charge in [-0.2, -0.15) is 4.98 Å². The SMILES string of the molecule is Cc1noc(-c2ccccc2NC(=O)C(C)Cl)n1. The van der Waals surface area contributed by atoms with E-state index >= 15 is 0 Å². The maximum atomic E-state index is 11.6. The number of hydrogen-bond acceptors (Lipinski definition) is 4. The van der Waals surface area contributed by atoms with E-state index in [0.717, 1.165) is 0 Å². The van der Waals surface area contributed by atoms with E-state index in [0.29, 0.717) is 23.0 Å². The Kier molecular flexibility index (Phi) is 3.62. The van der Waals surface area contributed by atoms with Crippen molar-refractivity contribution < 1.29 is 9.32 Å². The average Bonchev–Trinajstić information content (AvgIpc) is 2.76. The molecule has 0 aliphatic rings. The number of rotatable bonds is 3. The third-order valence-corrected chi connectivity index (χ3v) is 2.50. The number of halogens is 1. The number of benzene rings is 1. The molecule has 1 N–H and O–H groups in total. The number of alkyl halides is 1. The summed E-state index contributed by atoms with van der Waals surface area (Å²) >= 11 is 5.72. The molecule has 2 rings (SSSR count). The molecule has 1 unspecified atom stereocenters. The van der Waals surface area contributed by atoms with Gasteiger partial charge in [-0.3, -0.25) is 4.79 Å². The van der Waals surface area contributed by atoms with Gasteiger partial charge in [0, 0.05) is 0 Å². The van der Waals surface area contributed by atoms with Crippen molar-refractivity contribution >= 4 is 23.2 Å². The van der Waals surface area contributed by atoms with Gasteiger partial charge in [0.25, 0.3) is 5.89 Å². The molecule has 5 nitrogen and oxygen atoms in total. The number of amides is 1. The Balaban J connectivity index is 2.34. The Morgan fingerprint density at radius 3 is 2.78 bits per heavy atom. The Bertz CT molecular complexity index is 566. The zero-order valence-corrected chi connectivity index (χ0v) is 10.7. The first kappa shape index (κ1) is 12.6. The maximum Gasteiger partial charge on any atom is 0.260 e. The van der Waals surface area contributed by atoms with Gasteiger partial charge in [0.05, 0.1) is 11.3 Å². The summed E-state index contributed by atoms with van der Waals surface area (Å²) in [6.07, 6.45) is 0. The molecule has 0 spiro atoms. The first-order valence-corrected chi connectivity index (χ1v) is 5.86. The first-order valence-electron chi connectivity index (χ1n) is 5.42. The van der Waals surface area contributed by atoms with Gasteiger partial charge in [-0.15, -0.1) is 11.6 Å². The summed E-state index contributed by atoms with van der Waals surface area (Å²) in [5.41, 5.74) is 1.27. The van der Waals surface area contributed by atoms with Crippen LogP contribution in [0.3, 0.4) is 0 Å². The molecule has 0 aliphatic heterocycles. The van der Waals surface area contributed by atoms with Crippen LogP contribution in [0, 0.1) is 6.92 Å². The fraction of sp³-hybridized carbons (Fsp3) is 0.250. The Labute approximate surface area is 109 Å². The maximum absolute atomic E-state index is 11.6. The number of nitrogens with zero attached hydrogens (tertiary/aromatic N) is 2. The van der Waals surface area contributed by atoms with Crippen LogP contribution < -0.4 is 5.32 Å². The standard InChI is InChI=1S/C12H12ClN3O2/c1-7(13)11(17)15-10-6-4-3-5-9(10)12-14-8(2)16-18-12/h3-7H,1-2H3,(H,15,17). The Hall–Kier alpha value is -1.88. The minimum atomic E-state index is -0.609. The van der Waals surface area contributed by atoms with Crippen molar-refractivity contribution in [2.45, 2.75) is 19.2 Å². The third-order valence-electron chi connectivity index (χ3n) is 2.30. The topological polar surface area (TPSA) is 68.0 Å². The molecular formula is C12H12ClN3O2. The molecule has 1 aromatic carbocycles. The van der Waals surface area contributed by atoms with Gasteiger partial charge in [-0.25, -0.2) is 0 Å². The second kappa shape index (κ2) is 5.18. The lowest BCUT2D eigenvalue weighted by Gasteiger charge is -2.09. The Morgan fingerprint density at radius 2 is 2.17 bits per heavy atom. The van der Waals surface area contributed by atoms with E-state index in [2.05, 4.69) is 15.5 Å². The first-order chi connectivity index (χ1) is 8.58. The highest BCUT2D eigenvalue weighted by Crippen LogP contribution is 2.26. The number of anilines is 1. The number of aromatic nitrogens is 2. The van der Waals surface area contributed by atoms with Crippen molar-refractivity contribution in [2.75, 3.05) is 5.32 Å². The quantitative estimate of drug-likeness (QED) is 0.866. The molecule has 1 heterocycles. The lowest BCUT2D eigenvalue weighted by molar-refractivity contribution is -0.115. The van der Waals surface area contributed by atoms with Gasteiger partial charge in [0.15, 0.2) is 5.82 Å². The summed E-state index contributed by atoms with van der Waals surface area (Å²) in [6.45, 7) is 3.34. The van der Waals surface area contributed by atoms with E-state index in [4.69, 9.17) is 16.1 Å². The van der Waals surface area contributed by atoms with Gasteiger partial charge in [-0.05, 0) is 26.0 Å². The summed E-state index contributed by atoms with van der Waals surface area (Å²) < 4.78 is 5.09. The summed E-state index contributed by atoms with van der Waals surface area (Å²) in [7, 11) is 0. The van der Waals surface area contributed by atoms with Crippen molar-refractivity contribution in [3.05, 3.63) is 30.1 Å². The number of nitrogens with one attached hydrogen (secondary N) is 1. The predicted molar refractivity (Wildman–Crippen MR) is 68.4 cm³/mol. The molecule has 94 valence electrons. The van der Waals surface area contributed by atoms with Crippen LogP contribution in [0.2, 0.25) is 0 Å². The number of aryl methyl sites for hydroxylation is 1. The molecular weight excluding hydrogens is 254 g/mol. The smallest absolute Gasteiger partial charge is 0.260 e. The summed E-state index contributed by atoms with van der Waals surface area (Å²) in [4.78, 5) is 15.7. The molecule has 1 amide bonds. The van der Waals surface area contributed by atoms with Crippen LogP contribution in [0.25, 0.3) is 11.5 Å². The number of hydrogen-bond donors (Lipinski definition) is 1. The van der Waals surface area contributed by atoms with Crippen LogP contribution in [-0.4, -0.2) is 21.4 Å². The molecule has 18 heavy (non-hydrogen) atoms. The lowest BCUT2D eigenvalue weighted by atomic mass is 10.1. The molecule has 0 fully saturated rings. The number of carbonyl (C=O) groups is 1. The van der Waals surface area contributed by atoms with E-state index < -0.39 is 5.38 Å². The van der Waals surface area contributed by atoms with Gasteiger partial charge in [0.2, 0.25) is 5.91 Å². The highest BCUT2D eigenvalue weighted by atomic mass is 35.5. The van der Waals surface area contributed by atoms with Crippen molar-refractivity contribution in [3.63, 3.8) is 0 Å². The molecule has 0 saturated heterocycles. The van der Waals surface area contributed by atoms with Crippen molar-refractivity contribution in [1.29, 1.82) is 0 Å². The summed E-state index contributed by atoms with van der Waals surface area (Å²) in [5, 5.41) is 5.83. The van der Waals surface area contributed by atoms with E-state index in [-0.39, 0.29) is 5.91 Å². The lowest BCUT2D eigenvalue weighted by Crippen LogP contribution is -2.20. The van der Waals surface area contributed by atoms with Crippen LogP contribution in [0.1, 0.15) is 12.7 Å². The molecule has 1 aromatic heterocycles. The van der Waals surface area contributed by atoms with Gasteiger partial charge >= 0.3 is 0 Å². The van der Waals surface area contributed by atoms with Gasteiger partial charge in [-0.1, -0.05) is 17.3 Å². The summed E-state index contributed by atoms with van der Waals surface area (Å²) in [6, 6.07) is 7.18. The fourth-order valence-corrected chi connectivity index (χ4v) is 1.47. The van der Waals surface area contributed by atoms with E-state index in [1.54, 1.807) is 32.0 Å². The zero-order valence-electron chi connectivity index (χ0n) is 9.98. The van der Waals surface area contributed by atoms with Gasteiger partial charge < -0.3 is 9.84 Å². The zero-order chi connectivity index (χ0) is 13.1. The molecule has 2 aromatic rings. The Morgan fingerprint density at radius 1 is 1.44 bits per heavy atom. The molecule has 0 bridgehead atoms. The molecule has 0 radical (unpaired) electrons. The number of para-hydroxylation sites is 1. The number of carbonyl (C=O) groups excluding carboxylic acids is 1. The minimum Gasteiger partial charge on any atom is -0.334 e. The molecule has 0 aliphatic carbocycles. The molecule has 6 heteroatoms. The van der Waals surface area contributed by atoms with Crippen LogP contribution in [0.15, 0.2) is 28.8 Å². The summed E-state index contributed by atoms with van der Waals surface area (Å²) in [5.74, 6) is 0.628. The largest absolute Gasteiger partial charge is 0.334 e. The third kappa shape index (κ3) is 2.68. The van der Waals surface area contributed by atoms with Crippen molar-refractivity contribution in [3.8, 4) is 11.5 Å². The van der Waals surface area contributed by atoms with Crippen LogP contribution >= 0.6 is 11.6 Å². The highest BCUT2D eigenvalue weighted by molar-refractivity contribution is 6.32. The second-order valence-electron chi connectivity index (χ2n) is 3.80. The average molecular weight is 266 g/mol. The van der Waals surface area contributed by atoms with Crippen LogP contribution in [-0.2, 0) is 4.79 Å². The second-order valence-corrected chi connectivity index (χ2v) is 4.45. The van der Waals surface area contributed by atoms with Gasteiger partial charge in [0.1, 0.15) is 5.38 Å². The minimum absolute atomic E-state index is 0.277. The molecule has 0 saturated carbocycles. The molecule has 1 atom stereocenters. The normalized spacial score (nSPS) is 12.2. The van der Waals surface area contributed by atoms with Crippen molar-refractivity contribution in [1.82, 2.24) is 10.1 Å². The van der Waals surface area contributed by atoms with Crippen LogP contribution in [0.5, 0.6) is 0 Å². The van der Waals surface area contributed by atoms with E-state index in [1.807, 2.05) is 6.07 Å². The fourth-order valence-electron chi connectivity index (χ4n) is 1.42. The highest BCUT2D eigenvalue weighted by Gasteiger charge is 2.15. The van der Waals surface area contributed by atoms with E-state index in [1.165, 1.54) is 0 Å². The van der Waals surface area contributed by atoms with E-state index in [9.17, 15) is 4.79 Å². The monoisotopic (exact) mass is 265 g/mol.